The minimum Gasteiger partial charge on any atom is -0.382 e. The summed E-state index contributed by atoms with van der Waals surface area (Å²) in [5, 5.41) is 0. The van der Waals surface area contributed by atoms with Crippen molar-refractivity contribution in [3.05, 3.63) is 167 Å². The van der Waals surface area contributed by atoms with Crippen LogP contribution in [0.1, 0.15) is 46.2 Å². The minimum atomic E-state index is -0.455. The predicted octanol–water partition coefficient (Wildman–Crippen LogP) is 12.3. The molecule has 8 heteroatoms. The number of rotatable bonds is 24. The molecule has 0 spiro atoms. The van der Waals surface area contributed by atoms with Crippen molar-refractivity contribution in [1.82, 2.24) is 0 Å². The van der Waals surface area contributed by atoms with Gasteiger partial charge < -0.3 is 38.2 Å². The number of fused-ring (bicyclic) bond motifs is 3. The number of anilines is 6. The first-order chi connectivity index (χ1) is 30.8. The molecule has 0 fully saturated rings. The second-order valence-electron chi connectivity index (χ2n) is 16.5. The Morgan fingerprint density at radius 3 is 0.905 bits per heavy atom. The third kappa shape index (κ3) is 11.3. The van der Waals surface area contributed by atoms with Crippen LogP contribution in [0, 0.1) is 27.7 Å². The second kappa shape index (κ2) is 22.3. The van der Waals surface area contributed by atoms with Gasteiger partial charge in [-0.2, -0.15) is 0 Å². The van der Waals surface area contributed by atoms with Crippen molar-refractivity contribution in [3.63, 3.8) is 0 Å². The van der Waals surface area contributed by atoms with E-state index in [0.29, 0.717) is 66.1 Å². The molecule has 0 heterocycles. The van der Waals surface area contributed by atoms with Gasteiger partial charge in [-0.15, -0.1) is 0 Å². The van der Waals surface area contributed by atoms with E-state index in [0.717, 1.165) is 47.0 Å². The summed E-state index contributed by atoms with van der Waals surface area (Å²) in [5.74, 6) is 0. The normalized spacial score (nSPS) is 12.6. The van der Waals surface area contributed by atoms with Crippen LogP contribution in [-0.2, 0) is 33.8 Å². The molecule has 63 heavy (non-hydrogen) atoms. The van der Waals surface area contributed by atoms with Crippen molar-refractivity contribution in [1.29, 1.82) is 0 Å². The van der Waals surface area contributed by atoms with E-state index in [1.54, 1.807) is 14.2 Å². The highest BCUT2D eigenvalue weighted by atomic mass is 16.5. The van der Waals surface area contributed by atoms with Gasteiger partial charge >= 0.3 is 0 Å². The molecular weight excluding hydrogens is 785 g/mol. The van der Waals surface area contributed by atoms with Gasteiger partial charge in [-0.3, -0.25) is 0 Å². The van der Waals surface area contributed by atoms with Gasteiger partial charge in [0.05, 0.1) is 52.9 Å². The molecule has 0 atom stereocenters. The number of nitrogens with zero attached hydrogens (tertiary/aromatic N) is 2. The summed E-state index contributed by atoms with van der Waals surface area (Å²) in [4.78, 5) is 4.74. The highest BCUT2D eigenvalue weighted by Crippen LogP contribution is 2.56. The molecule has 0 saturated carbocycles. The molecule has 0 radical (unpaired) electrons. The lowest BCUT2D eigenvalue weighted by Crippen LogP contribution is -2.30. The van der Waals surface area contributed by atoms with Gasteiger partial charge in [-0.05, 0) is 136 Å². The van der Waals surface area contributed by atoms with Gasteiger partial charge in [0.15, 0.2) is 0 Å². The Morgan fingerprint density at radius 1 is 0.333 bits per heavy atom. The van der Waals surface area contributed by atoms with E-state index >= 15 is 0 Å². The molecule has 7 rings (SSSR count). The van der Waals surface area contributed by atoms with Crippen molar-refractivity contribution in [2.45, 2.75) is 46.0 Å². The summed E-state index contributed by atoms with van der Waals surface area (Å²) in [6, 6.07) is 49.3. The molecule has 0 saturated heterocycles. The second-order valence-corrected chi connectivity index (χ2v) is 16.5. The fourth-order valence-corrected chi connectivity index (χ4v) is 8.50. The van der Waals surface area contributed by atoms with E-state index < -0.39 is 5.41 Å². The molecule has 0 bridgehead atoms. The van der Waals surface area contributed by atoms with Gasteiger partial charge in [-0.1, -0.05) is 82.9 Å². The summed E-state index contributed by atoms with van der Waals surface area (Å²) >= 11 is 0. The monoisotopic (exact) mass is 848 g/mol. The topological polar surface area (TPSA) is 61.9 Å². The molecule has 8 nitrogen and oxygen atoms in total. The summed E-state index contributed by atoms with van der Waals surface area (Å²) in [6.07, 6.45) is 1.49. The van der Waals surface area contributed by atoms with Crippen LogP contribution in [0.3, 0.4) is 0 Å². The summed E-state index contributed by atoms with van der Waals surface area (Å²) in [7, 11) is 3.38. The maximum Gasteiger partial charge on any atom is 0.0701 e. The van der Waals surface area contributed by atoms with E-state index in [1.165, 1.54) is 44.5 Å². The van der Waals surface area contributed by atoms with Gasteiger partial charge in [0.2, 0.25) is 0 Å². The highest BCUT2D eigenvalue weighted by Gasteiger charge is 2.44. The van der Waals surface area contributed by atoms with Crippen LogP contribution in [0.5, 0.6) is 0 Å². The average Bonchev–Trinajstić information content (AvgIpc) is 3.56. The van der Waals surface area contributed by atoms with E-state index in [1.807, 2.05) is 0 Å². The minimum absolute atomic E-state index is 0.455. The number of ether oxygens (including phenoxy) is 6. The zero-order valence-electron chi connectivity index (χ0n) is 38.0. The number of methoxy groups -OCH3 is 2. The number of benzene rings is 6. The van der Waals surface area contributed by atoms with Crippen LogP contribution in [0.25, 0.3) is 11.1 Å². The third-order valence-corrected chi connectivity index (χ3v) is 12.0. The van der Waals surface area contributed by atoms with Crippen molar-refractivity contribution >= 4 is 34.1 Å². The fraction of sp³-hybridized carbons (Fsp3) is 0.345. The first-order valence-electron chi connectivity index (χ1n) is 22.3. The number of aryl methyl sites for hydroxylation is 4. The van der Waals surface area contributed by atoms with Gasteiger partial charge in [0.25, 0.3) is 0 Å². The van der Waals surface area contributed by atoms with Gasteiger partial charge in [0, 0.05) is 67.0 Å². The van der Waals surface area contributed by atoms with E-state index in [2.05, 4.69) is 171 Å². The lowest BCUT2D eigenvalue weighted by Gasteiger charge is -2.35. The Labute approximate surface area is 375 Å². The summed E-state index contributed by atoms with van der Waals surface area (Å²) < 4.78 is 34.8. The Balaban J connectivity index is 1.35. The molecule has 330 valence electrons. The molecule has 0 unspecified atom stereocenters. The van der Waals surface area contributed by atoms with Crippen molar-refractivity contribution in [2.24, 2.45) is 0 Å². The number of hydrogen-bond donors (Lipinski definition) is 0. The van der Waals surface area contributed by atoms with Gasteiger partial charge in [0.1, 0.15) is 0 Å². The summed E-state index contributed by atoms with van der Waals surface area (Å²) in [5.41, 5.74) is 16.1. The lowest BCUT2D eigenvalue weighted by molar-refractivity contribution is 0.0145. The SMILES string of the molecule is COCCOCCOCCC1(CCOCCOCCOC)c2cc(N(c3ccc(C)cc3)c3ccc(C)cc3)ccc2-c2ccc(N(c3ccc(C)cc3)c3ccc(C)cc3)cc21. The smallest absolute Gasteiger partial charge is 0.0701 e. The number of hydrogen-bond acceptors (Lipinski definition) is 8. The van der Waals surface area contributed by atoms with Crippen LogP contribution in [0.2, 0.25) is 0 Å². The van der Waals surface area contributed by atoms with Crippen LogP contribution >= 0.6 is 0 Å². The molecule has 0 aromatic heterocycles. The van der Waals surface area contributed by atoms with Crippen molar-refractivity contribution in [3.8, 4) is 11.1 Å². The molecule has 6 aromatic carbocycles. The van der Waals surface area contributed by atoms with Crippen LogP contribution in [0.4, 0.5) is 34.1 Å². The molecule has 0 N–H and O–H groups in total. The molecule has 0 amide bonds. The van der Waals surface area contributed by atoms with Crippen molar-refractivity contribution in [2.75, 3.05) is 90.1 Å². The average molecular weight is 849 g/mol. The van der Waals surface area contributed by atoms with E-state index in [9.17, 15) is 0 Å². The molecule has 1 aliphatic carbocycles. The largest absolute Gasteiger partial charge is 0.382 e. The molecule has 0 aliphatic heterocycles. The van der Waals surface area contributed by atoms with Crippen LogP contribution in [0.15, 0.2) is 133 Å². The maximum atomic E-state index is 6.43. The fourth-order valence-electron chi connectivity index (χ4n) is 8.50. The van der Waals surface area contributed by atoms with Crippen LogP contribution in [-0.4, -0.2) is 80.3 Å². The van der Waals surface area contributed by atoms with Gasteiger partial charge in [-0.25, -0.2) is 0 Å². The highest BCUT2D eigenvalue weighted by molar-refractivity contribution is 5.88. The van der Waals surface area contributed by atoms with E-state index in [-0.39, 0.29) is 0 Å². The third-order valence-electron chi connectivity index (χ3n) is 12.0. The first kappa shape index (κ1) is 45.7. The standard InChI is InChI=1S/C55H64N2O6/c1-41-7-15-45(16-8-41)56(46-17-9-42(2)10-18-46)49-23-25-51-52-26-24-50(57(47-19-11-43(3)12-20-47)48-21-13-44(4)14-22-48)40-54(52)55(53(51)39-49,27-29-60-35-37-62-33-31-58-5)28-30-61-36-38-63-34-32-59-6/h7-26,39-40H,27-38H2,1-6H3. The molecular formula is C55H64N2O6. The Bertz CT molecular complexity index is 2070. The maximum absolute atomic E-state index is 6.43. The first-order valence-corrected chi connectivity index (χ1v) is 22.3. The molecule has 1 aliphatic rings. The van der Waals surface area contributed by atoms with Crippen molar-refractivity contribution < 1.29 is 28.4 Å². The van der Waals surface area contributed by atoms with E-state index in [4.69, 9.17) is 28.4 Å². The predicted molar refractivity (Wildman–Crippen MR) is 257 cm³/mol. The zero-order chi connectivity index (χ0) is 44.0. The summed E-state index contributed by atoms with van der Waals surface area (Å²) in [6.45, 7) is 13.8. The Kier molecular flexibility index (Phi) is 16.2. The van der Waals surface area contributed by atoms with Crippen LogP contribution < -0.4 is 9.80 Å². The Morgan fingerprint density at radius 2 is 0.603 bits per heavy atom. The molecule has 6 aromatic rings. The quantitative estimate of drug-likeness (QED) is 0.0558. The zero-order valence-corrected chi connectivity index (χ0v) is 38.0. The Hall–Kier alpha value is -5.32. The lowest BCUT2D eigenvalue weighted by atomic mass is 9.73.